The second-order valence-electron chi connectivity index (χ2n) is 4.68. The van der Waals surface area contributed by atoms with Crippen LogP contribution in [0.4, 0.5) is 5.13 Å². The number of halogens is 1. The number of hydrogen-bond donors (Lipinski definition) is 2. The molecule has 1 heterocycles. The summed E-state index contributed by atoms with van der Waals surface area (Å²) in [4.78, 5) is 38.5. The van der Waals surface area contributed by atoms with Gasteiger partial charge in [-0.3, -0.25) is 14.4 Å². The van der Waals surface area contributed by atoms with Gasteiger partial charge in [0.25, 0.3) is 5.91 Å². The van der Waals surface area contributed by atoms with E-state index in [1.165, 1.54) is 18.3 Å². The number of anilines is 1. The van der Waals surface area contributed by atoms with E-state index in [4.69, 9.17) is 4.74 Å². The van der Waals surface area contributed by atoms with Crippen LogP contribution < -0.4 is 10.6 Å². The first-order valence-electron chi connectivity index (χ1n) is 6.85. The molecular formula is C15H14BrN3O4S. The van der Waals surface area contributed by atoms with E-state index in [9.17, 15) is 14.4 Å². The lowest BCUT2D eigenvalue weighted by Gasteiger charge is -2.05. The number of benzene rings is 1. The van der Waals surface area contributed by atoms with E-state index in [0.717, 1.165) is 4.47 Å². The SMILES string of the molecule is CC(=O)Nc1nc(COC(=O)CNC(=O)c2ccc(Br)cc2)cs1. The molecule has 0 atom stereocenters. The Morgan fingerprint density at radius 2 is 1.96 bits per heavy atom. The van der Waals surface area contributed by atoms with Crippen LogP contribution in [0.5, 0.6) is 0 Å². The minimum atomic E-state index is -0.575. The highest BCUT2D eigenvalue weighted by Crippen LogP contribution is 2.15. The molecule has 24 heavy (non-hydrogen) atoms. The Labute approximate surface area is 150 Å². The van der Waals surface area contributed by atoms with Gasteiger partial charge in [-0.2, -0.15) is 0 Å². The molecule has 0 spiro atoms. The topological polar surface area (TPSA) is 97.4 Å². The summed E-state index contributed by atoms with van der Waals surface area (Å²) in [6.45, 7) is 1.12. The Balaban J connectivity index is 1.75. The van der Waals surface area contributed by atoms with Crippen LogP contribution in [-0.2, 0) is 20.9 Å². The van der Waals surface area contributed by atoms with Gasteiger partial charge in [0.1, 0.15) is 13.2 Å². The van der Waals surface area contributed by atoms with Gasteiger partial charge >= 0.3 is 5.97 Å². The maximum Gasteiger partial charge on any atom is 0.325 e. The number of thiazole rings is 1. The molecule has 0 aliphatic rings. The van der Waals surface area contributed by atoms with Crippen molar-refractivity contribution >= 4 is 50.2 Å². The van der Waals surface area contributed by atoms with Crippen molar-refractivity contribution in [2.75, 3.05) is 11.9 Å². The zero-order valence-corrected chi connectivity index (χ0v) is 15.1. The highest BCUT2D eigenvalue weighted by molar-refractivity contribution is 9.10. The van der Waals surface area contributed by atoms with Crippen LogP contribution >= 0.6 is 27.3 Å². The molecule has 2 N–H and O–H groups in total. The summed E-state index contributed by atoms with van der Waals surface area (Å²) >= 11 is 4.52. The maximum absolute atomic E-state index is 11.9. The molecule has 2 aromatic rings. The first kappa shape index (κ1) is 18.1. The third-order valence-electron chi connectivity index (χ3n) is 2.72. The van der Waals surface area contributed by atoms with E-state index in [1.807, 2.05) is 0 Å². The van der Waals surface area contributed by atoms with E-state index in [-0.39, 0.29) is 25.0 Å². The van der Waals surface area contributed by atoms with Gasteiger partial charge in [-0.1, -0.05) is 15.9 Å². The fourth-order valence-electron chi connectivity index (χ4n) is 1.64. The van der Waals surface area contributed by atoms with Crippen molar-refractivity contribution in [3.05, 3.63) is 45.4 Å². The molecule has 7 nitrogen and oxygen atoms in total. The predicted molar refractivity (Wildman–Crippen MR) is 92.7 cm³/mol. The van der Waals surface area contributed by atoms with E-state index < -0.39 is 5.97 Å². The molecule has 1 aromatic heterocycles. The summed E-state index contributed by atoms with van der Waals surface area (Å²) in [5.41, 5.74) is 0.974. The van der Waals surface area contributed by atoms with Crippen molar-refractivity contribution in [1.29, 1.82) is 0 Å². The Bertz CT molecular complexity index is 745. The summed E-state index contributed by atoms with van der Waals surface area (Å²) in [5.74, 6) is -1.15. The first-order chi connectivity index (χ1) is 11.4. The molecular weight excluding hydrogens is 398 g/mol. The predicted octanol–water partition coefficient (Wildman–Crippen LogP) is 2.34. The van der Waals surface area contributed by atoms with E-state index in [1.54, 1.807) is 29.6 Å². The molecule has 2 amide bonds. The Morgan fingerprint density at radius 3 is 2.62 bits per heavy atom. The second kappa shape index (κ2) is 8.55. The van der Waals surface area contributed by atoms with Gasteiger partial charge in [-0.25, -0.2) is 4.98 Å². The Hall–Kier alpha value is -2.26. The average molecular weight is 412 g/mol. The molecule has 1 aromatic carbocycles. The summed E-state index contributed by atoms with van der Waals surface area (Å²) in [7, 11) is 0. The van der Waals surface area contributed by atoms with Crippen molar-refractivity contribution in [2.24, 2.45) is 0 Å². The van der Waals surface area contributed by atoms with Crippen LogP contribution in [0.1, 0.15) is 23.0 Å². The molecule has 2 rings (SSSR count). The van der Waals surface area contributed by atoms with Crippen LogP contribution in [-0.4, -0.2) is 29.3 Å². The lowest BCUT2D eigenvalue weighted by Crippen LogP contribution is -2.30. The van der Waals surface area contributed by atoms with E-state index in [2.05, 4.69) is 31.5 Å². The monoisotopic (exact) mass is 411 g/mol. The number of nitrogens with one attached hydrogen (secondary N) is 2. The number of amides is 2. The van der Waals surface area contributed by atoms with Crippen LogP contribution in [0.15, 0.2) is 34.1 Å². The Morgan fingerprint density at radius 1 is 1.25 bits per heavy atom. The third-order valence-corrected chi connectivity index (χ3v) is 4.05. The number of ether oxygens (including phenoxy) is 1. The number of carbonyl (C=O) groups is 3. The van der Waals surface area contributed by atoms with Gasteiger partial charge in [0.2, 0.25) is 5.91 Å². The maximum atomic E-state index is 11.9. The second-order valence-corrected chi connectivity index (χ2v) is 6.45. The van der Waals surface area contributed by atoms with Crippen molar-refractivity contribution in [2.45, 2.75) is 13.5 Å². The van der Waals surface area contributed by atoms with Gasteiger partial charge in [-0.05, 0) is 24.3 Å². The van der Waals surface area contributed by atoms with Gasteiger partial charge in [-0.15, -0.1) is 11.3 Å². The minimum absolute atomic E-state index is 0.0247. The molecule has 9 heteroatoms. The minimum Gasteiger partial charge on any atom is -0.458 e. The zero-order valence-electron chi connectivity index (χ0n) is 12.7. The summed E-state index contributed by atoms with van der Waals surface area (Å²) in [5, 5.41) is 7.15. The largest absolute Gasteiger partial charge is 0.458 e. The molecule has 0 unspecified atom stereocenters. The molecule has 0 fully saturated rings. The summed E-state index contributed by atoms with van der Waals surface area (Å²) in [6, 6.07) is 6.76. The van der Waals surface area contributed by atoms with Gasteiger partial charge in [0.15, 0.2) is 5.13 Å². The molecule has 0 saturated heterocycles. The quantitative estimate of drug-likeness (QED) is 0.710. The summed E-state index contributed by atoms with van der Waals surface area (Å²) < 4.78 is 5.88. The number of hydrogen-bond acceptors (Lipinski definition) is 6. The van der Waals surface area contributed by atoms with Crippen molar-refractivity contribution in [3.8, 4) is 0 Å². The molecule has 126 valence electrons. The van der Waals surface area contributed by atoms with Crippen LogP contribution in [0, 0.1) is 0 Å². The van der Waals surface area contributed by atoms with E-state index >= 15 is 0 Å². The molecule has 0 radical (unpaired) electrons. The number of aromatic nitrogens is 1. The Kier molecular flexibility index (Phi) is 6.44. The highest BCUT2D eigenvalue weighted by Gasteiger charge is 2.10. The van der Waals surface area contributed by atoms with Crippen LogP contribution in [0.25, 0.3) is 0 Å². The van der Waals surface area contributed by atoms with Crippen molar-refractivity contribution in [1.82, 2.24) is 10.3 Å². The van der Waals surface area contributed by atoms with Crippen molar-refractivity contribution in [3.63, 3.8) is 0 Å². The smallest absolute Gasteiger partial charge is 0.325 e. The molecule has 0 aliphatic heterocycles. The van der Waals surface area contributed by atoms with Gasteiger partial charge in [0.05, 0.1) is 5.69 Å². The molecule has 0 saturated carbocycles. The summed E-state index contributed by atoms with van der Waals surface area (Å²) in [6.07, 6.45) is 0. The fraction of sp³-hybridized carbons (Fsp3) is 0.200. The van der Waals surface area contributed by atoms with Gasteiger partial charge < -0.3 is 15.4 Å². The number of carbonyl (C=O) groups excluding carboxylic acids is 3. The molecule has 0 bridgehead atoms. The fourth-order valence-corrected chi connectivity index (χ4v) is 2.65. The first-order valence-corrected chi connectivity index (χ1v) is 8.52. The van der Waals surface area contributed by atoms with Gasteiger partial charge in [0, 0.05) is 22.3 Å². The number of nitrogens with zero attached hydrogens (tertiary/aromatic N) is 1. The molecule has 0 aliphatic carbocycles. The number of esters is 1. The zero-order chi connectivity index (χ0) is 17.5. The van der Waals surface area contributed by atoms with E-state index in [0.29, 0.717) is 16.4 Å². The number of rotatable bonds is 6. The highest BCUT2D eigenvalue weighted by atomic mass is 79.9. The van der Waals surface area contributed by atoms with Crippen LogP contribution in [0.3, 0.4) is 0 Å². The average Bonchev–Trinajstić information content (AvgIpc) is 2.98. The third kappa shape index (κ3) is 5.74. The lowest BCUT2D eigenvalue weighted by atomic mass is 10.2. The normalized spacial score (nSPS) is 10.1. The standard InChI is InChI=1S/C15H14BrN3O4S/c1-9(20)18-15-19-12(8-24-15)7-23-13(21)6-17-14(22)10-2-4-11(16)5-3-10/h2-5,8H,6-7H2,1H3,(H,17,22)(H,18,19,20). The van der Waals surface area contributed by atoms with Crippen LogP contribution in [0.2, 0.25) is 0 Å². The lowest BCUT2D eigenvalue weighted by molar-refractivity contribution is -0.143. The van der Waals surface area contributed by atoms with Crippen molar-refractivity contribution < 1.29 is 19.1 Å².